The average Bonchev–Trinajstić information content (AvgIpc) is 3.06. The second kappa shape index (κ2) is 10.6. The van der Waals surface area contributed by atoms with E-state index in [2.05, 4.69) is 79.6 Å². The summed E-state index contributed by atoms with van der Waals surface area (Å²) < 4.78 is 2.64. The predicted molar refractivity (Wildman–Crippen MR) is 182 cm³/mol. The number of rotatable bonds is 5. The fourth-order valence-corrected chi connectivity index (χ4v) is 9.74. The van der Waals surface area contributed by atoms with Crippen LogP contribution in [-0.2, 0) is 25.7 Å². The third kappa shape index (κ3) is 4.15. The standard InChI is InChI=1S/C38H49N6/c1-3-39-17-19-43-20-18-40(4-2)34-26-44(25-33(39)38(34)43)37(31-21-27-9-5-13-41-14-6-10-28(22-31)35(27)41)32-23-29-11-7-15-42-16-8-12-30(24-32)36(29)42/h21-26,37H,3-20H2,1-2H3/q+1. The second-order valence-corrected chi connectivity index (χ2v) is 14.1. The first kappa shape index (κ1) is 26.9. The lowest BCUT2D eigenvalue weighted by molar-refractivity contribution is -0.703. The Labute approximate surface area is 263 Å². The van der Waals surface area contributed by atoms with E-state index in [1.54, 1.807) is 33.6 Å². The lowest BCUT2D eigenvalue weighted by Gasteiger charge is -2.44. The van der Waals surface area contributed by atoms with E-state index in [0.29, 0.717) is 0 Å². The topological polar surface area (TPSA) is 20.1 Å². The summed E-state index contributed by atoms with van der Waals surface area (Å²) in [5.74, 6) is 0. The zero-order valence-electron chi connectivity index (χ0n) is 27.0. The average molecular weight is 590 g/mol. The van der Waals surface area contributed by atoms with Gasteiger partial charge in [0.1, 0.15) is 11.4 Å². The monoisotopic (exact) mass is 589 g/mol. The van der Waals surface area contributed by atoms with Crippen molar-refractivity contribution in [1.29, 1.82) is 0 Å². The Morgan fingerprint density at radius 3 is 1.30 bits per heavy atom. The Hall–Kier alpha value is -3.41. The van der Waals surface area contributed by atoms with Gasteiger partial charge in [0.25, 0.3) is 0 Å². The minimum Gasteiger partial charge on any atom is -0.371 e. The van der Waals surface area contributed by atoms with Gasteiger partial charge in [-0.1, -0.05) is 0 Å². The molecule has 1 aromatic heterocycles. The molecule has 0 atom stereocenters. The van der Waals surface area contributed by atoms with Crippen LogP contribution in [0.1, 0.15) is 79.0 Å². The fourth-order valence-electron chi connectivity index (χ4n) is 9.74. The fraction of sp³-hybridized carbons (Fsp3) is 0.553. The summed E-state index contributed by atoms with van der Waals surface area (Å²) in [7, 11) is 0. The van der Waals surface area contributed by atoms with E-state index >= 15 is 0 Å². The van der Waals surface area contributed by atoms with Crippen LogP contribution in [0.2, 0.25) is 0 Å². The lowest BCUT2D eigenvalue weighted by Crippen LogP contribution is -2.51. The van der Waals surface area contributed by atoms with Crippen LogP contribution in [0, 0.1) is 0 Å². The molecule has 0 aliphatic carbocycles. The van der Waals surface area contributed by atoms with Crippen molar-refractivity contribution in [2.24, 2.45) is 0 Å². The zero-order valence-corrected chi connectivity index (χ0v) is 27.0. The number of hydrogen-bond acceptors (Lipinski definition) is 5. The van der Waals surface area contributed by atoms with E-state index in [1.807, 2.05) is 0 Å². The molecule has 0 unspecified atom stereocenters. The predicted octanol–water partition coefficient (Wildman–Crippen LogP) is 5.50. The molecule has 9 rings (SSSR count). The molecular weight excluding hydrogens is 540 g/mol. The van der Waals surface area contributed by atoms with Crippen molar-refractivity contribution in [2.45, 2.75) is 71.3 Å². The Balaban J connectivity index is 1.28. The van der Waals surface area contributed by atoms with Crippen LogP contribution in [-0.4, -0.2) is 65.4 Å². The molecule has 3 aromatic rings. The van der Waals surface area contributed by atoms with Crippen molar-refractivity contribution in [2.75, 3.05) is 89.9 Å². The molecule has 6 nitrogen and oxygen atoms in total. The van der Waals surface area contributed by atoms with E-state index in [-0.39, 0.29) is 6.04 Å². The van der Waals surface area contributed by atoms with Gasteiger partial charge in [-0.15, -0.1) is 0 Å². The molecule has 2 aromatic carbocycles. The highest BCUT2D eigenvalue weighted by Gasteiger charge is 2.38. The van der Waals surface area contributed by atoms with Crippen LogP contribution >= 0.6 is 0 Å². The van der Waals surface area contributed by atoms with Gasteiger partial charge in [0, 0.05) is 87.9 Å². The molecule has 6 heteroatoms. The van der Waals surface area contributed by atoms with Gasteiger partial charge >= 0.3 is 0 Å². The number of nitrogens with zero attached hydrogens (tertiary/aromatic N) is 6. The molecule has 7 heterocycles. The smallest absolute Gasteiger partial charge is 0.209 e. The molecule has 0 spiro atoms. The molecule has 0 amide bonds. The summed E-state index contributed by atoms with van der Waals surface area (Å²) in [4.78, 5) is 13.3. The van der Waals surface area contributed by atoms with Crippen molar-refractivity contribution in [3.8, 4) is 0 Å². The van der Waals surface area contributed by atoms with Crippen molar-refractivity contribution in [3.63, 3.8) is 0 Å². The van der Waals surface area contributed by atoms with Crippen molar-refractivity contribution in [3.05, 3.63) is 70.0 Å². The second-order valence-electron chi connectivity index (χ2n) is 14.1. The maximum atomic E-state index is 2.69. The lowest BCUT2D eigenvalue weighted by atomic mass is 9.84. The maximum Gasteiger partial charge on any atom is 0.209 e. The van der Waals surface area contributed by atoms with Crippen molar-refractivity contribution in [1.82, 2.24) is 0 Å². The number of benzene rings is 2. The first-order chi connectivity index (χ1) is 21.7. The Morgan fingerprint density at radius 1 is 0.523 bits per heavy atom. The highest BCUT2D eigenvalue weighted by Crippen LogP contribution is 2.45. The molecule has 6 aliphatic heterocycles. The van der Waals surface area contributed by atoms with E-state index in [9.17, 15) is 0 Å². The van der Waals surface area contributed by atoms with Gasteiger partial charge < -0.3 is 24.5 Å². The summed E-state index contributed by atoms with van der Waals surface area (Å²) in [6.07, 6.45) is 15.0. The summed E-state index contributed by atoms with van der Waals surface area (Å²) in [5.41, 5.74) is 16.8. The van der Waals surface area contributed by atoms with E-state index < -0.39 is 0 Å². The number of aryl methyl sites for hydroxylation is 4. The van der Waals surface area contributed by atoms with Crippen LogP contribution < -0.4 is 29.1 Å². The molecule has 0 bridgehead atoms. The minimum atomic E-state index is 0.170. The zero-order chi connectivity index (χ0) is 29.4. The van der Waals surface area contributed by atoms with Gasteiger partial charge in [-0.3, -0.25) is 0 Å². The summed E-state index contributed by atoms with van der Waals surface area (Å²) >= 11 is 0. The van der Waals surface area contributed by atoms with Crippen molar-refractivity contribution >= 4 is 28.4 Å². The van der Waals surface area contributed by atoms with E-state index in [0.717, 1.165) is 39.3 Å². The first-order valence-corrected chi connectivity index (χ1v) is 17.8. The Bertz CT molecular complexity index is 1440. The van der Waals surface area contributed by atoms with E-state index in [1.165, 1.54) is 106 Å². The SMILES string of the molecule is CCN1CCN2CCN(CC)c3c[n+](C(c4cc5c6c(c4)CCCN6CCC5)c4cc5c6c(c4)CCCN6CCC5)cc1c32. The van der Waals surface area contributed by atoms with Gasteiger partial charge in [0.15, 0.2) is 12.4 Å². The van der Waals surface area contributed by atoms with Crippen LogP contribution in [0.3, 0.4) is 0 Å². The summed E-state index contributed by atoms with van der Waals surface area (Å²) in [6.45, 7) is 16.2. The molecule has 0 radical (unpaired) electrons. The number of hydrogen-bond donors (Lipinski definition) is 0. The number of aromatic nitrogens is 1. The Morgan fingerprint density at radius 2 is 0.909 bits per heavy atom. The molecule has 0 saturated carbocycles. The van der Waals surface area contributed by atoms with Gasteiger partial charge in [-0.2, -0.15) is 4.57 Å². The van der Waals surface area contributed by atoms with Crippen LogP contribution in [0.25, 0.3) is 0 Å². The molecule has 44 heavy (non-hydrogen) atoms. The highest BCUT2D eigenvalue weighted by molar-refractivity contribution is 5.86. The van der Waals surface area contributed by atoms with Gasteiger partial charge in [-0.05, 0) is 112 Å². The third-order valence-electron chi connectivity index (χ3n) is 11.7. The van der Waals surface area contributed by atoms with Gasteiger partial charge in [-0.25, -0.2) is 0 Å². The van der Waals surface area contributed by atoms with Crippen LogP contribution in [0.15, 0.2) is 36.7 Å². The van der Waals surface area contributed by atoms with Crippen LogP contribution in [0.5, 0.6) is 0 Å². The number of anilines is 5. The Kier molecular flexibility index (Phi) is 6.49. The maximum absolute atomic E-state index is 2.69. The summed E-state index contributed by atoms with van der Waals surface area (Å²) in [5, 5.41) is 0. The molecule has 0 saturated heterocycles. The highest BCUT2D eigenvalue weighted by atomic mass is 15.3. The molecule has 0 fully saturated rings. The van der Waals surface area contributed by atoms with E-state index in [4.69, 9.17) is 0 Å². The quantitative estimate of drug-likeness (QED) is 0.366. The normalized spacial score (nSPS) is 20.1. The molecule has 6 aliphatic rings. The number of pyridine rings is 1. The molecular formula is C38H49N6+. The van der Waals surface area contributed by atoms with Gasteiger partial charge in [0.2, 0.25) is 6.04 Å². The van der Waals surface area contributed by atoms with Gasteiger partial charge in [0.05, 0.1) is 5.69 Å². The third-order valence-corrected chi connectivity index (χ3v) is 11.7. The first-order valence-electron chi connectivity index (χ1n) is 17.8. The molecule has 230 valence electrons. The minimum absolute atomic E-state index is 0.170. The largest absolute Gasteiger partial charge is 0.371 e. The van der Waals surface area contributed by atoms with Crippen LogP contribution in [0.4, 0.5) is 28.4 Å². The number of likely N-dealkylation sites (N-methyl/N-ethyl adjacent to an activating group) is 2. The molecule has 0 N–H and O–H groups in total. The van der Waals surface area contributed by atoms with Crippen molar-refractivity contribution < 1.29 is 4.57 Å². The summed E-state index contributed by atoms with van der Waals surface area (Å²) in [6, 6.07) is 10.7.